The summed E-state index contributed by atoms with van der Waals surface area (Å²) in [6.07, 6.45) is 7.25. The minimum Gasteiger partial charge on any atom is -0.326 e. The smallest absolute Gasteiger partial charge is 0.227 e. The molecule has 1 N–H and O–H groups in total. The predicted octanol–water partition coefficient (Wildman–Crippen LogP) is 4.69. The van der Waals surface area contributed by atoms with Gasteiger partial charge < -0.3 is 5.32 Å². The van der Waals surface area contributed by atoms with Crippen LogP contribution in [-0.2, 0) is 4.79 Å². The second-order valence-corrected chi connectivity index (χ2v) is 5.64. The molecule has 1 aromatic rings. The van der Waals surface area contributed by atoms with Gasteiger partial charge in [0.05, 0.1) is 0 Å². The van der Waals surface area contributed by atoms with Crippen LogP contribution in [0.15, 0.2) is 49.2 Å². The lowest BCUT2D eigenvalue weighted by atomic mass is 9.88. The fourth-order valence-electron chi connectivity index (χ4n) is 2.34. The summed E-state index contributed by atoms with van der Waals surface area (Å²) in [5, 5.41) is 2.75. The molecule has 1 aromatic carbocycles. The zero-order valence-electron chi connectivity index (χ0n) is 13.3. The van der Waals surface area contributed by atoms with Gasteiger partial charge in [-0.25, -0.2) is 0 Å². The Morgan fingerprint density at radius 2 is 1.67 bits per heavy atom. The van der Waals surface area contributed by atoms with E-state index in [1.807, 2.05) is 0 Å². The molecule has 0 radical (unpaired) electrons. The van der Waals surface area contributed by atoms with Crippen molar-refractivity contribution in [1.82, 2.24) is 5.32 Å². The van der Waals surface area contributed by atoms with Crippen LogP contribution in [0.5, 0.6) is 0 Å². The molecule has 1 saturated carbocycles. The van der Waals surface area contributed by atoms with Crippen molar-refractivity contribution in [1.29, 1.82) is 0 Å². The molecule has 21 heavy (non-hydrogen) atoms. The molecular formula is C19H27NO. The number of carbonyl (C=O) groups is 1. The quantitative estimate of drug-likeness (QED) is 0.802. The molecule has 0 aliphatic heterocycles. The first-order valence-electron chi connectivity index (χ1n) is 7.69. The lowest BCUT2D eigenvalue weighted by molar-refractivity contribution is -0.125. The van der Waals surface area contributed by atoms with Gasteiger partial charge in [-0.05, 0) is 43.9 Å². The lowest BCUT2D eigenvalue weighted by Gasteiger charge is -2.20. The van der Waals surface area contributed by atoms with Crippen LogP contribution in [0.4, 0.5) is 0 Å². The molecule has 2 nitrogen and oxygen atoms in total. The zero-order chi connectivity index (χ0) is 15.7. The molecule has 0 bridgehead atoms. The maximum atomic E-state index is 11.5. The van der Waals surface area contributed by atoms with E-state index in [9.17, 15) is 4.79 Å². The second kappa shape index (κ2) is 9.17. The normalized spacial score (nSPS) is 14.6. The summed E-state index contributed by atoms with van der Waals surface area (Å²) in [5.41, 5.74) is 3.34. The third kappa shape index (κ3) is 6.44. The van der Waals surface area contributed by atoms with Gasteiger partial charge in [0.15, 0.2) is 0 Å². The van der Waals surface area contributed by atoms with Crippen molar-refractivity contribution in [3.05, 3.63) is 60.3 Å². The predicted molar refractivity (Wildman–Crippen MR) is 90.0 cm³/mol. The van der Waals surface area contributed by atoms with E-state index in [4.69, 9.17) is 0 Å². The number of allylic oxidation sites excluding steroid dienone is 1. The Morgan fingerprint density at radius 3 is 2.10 bits per heavy atom. The van der Waals surface area contributed by atoms with Gasteiger partial charge in [0.25, 0.3) is 0 Å². The van der Waals surface area contributed by atoms with E-state index in [0.717, 1.165) is 12.8 Å². The van der Waals surface area contributed by atoms with Crippen molar-refractivity contribution in [3.63, 3.8) is 0 Å². The first-order chi connectivity index (χ1) is 10.0. The van der Waals surface area contributed by atoms with Gasteiger partial charge in [0, 0.05) is 11.6 Å². The molecule has 1 aliphatic carbocycles. The molecule has 2 rings (SSSR count). The summed E-state index contributed by atoms with van der Waals surface area (Å²) >= 11 is 0. The Labute approximate surface area is 129 Å². The molecule has 0 heterocycles. The zero-order valence-corrected chi connectivity index (χ0v) is 13.3. The van der Waals surface area contributed by atoms with E-state index in [1.54, 1.807) is 6.08 Å². The number of carbonyl (C=O) groups excluding carboxylic acids is 1. The van der Waals surface area contributed by atoms with Crippen molar-refractivity contribution >= 4 is 5.91 Å². The van der Waals surface area contributed by atoms with E-state index in [0.29, 0.717) is 5.70 Å². The maximum absolute atomic E-state index is 11.5. The summed E-state index contributed by atoms with van der Waals surface area (Å²) in [7, 11) is 0. The highest BCUT2D eigenvalue weighted by Gasteiger charge is 2.20. The van der Waals surface area contributed by atoms with Crippen LogP contribution in [0.25, 0.3) is 0 Å². The maximum Gasteiger partial charge on any atom is 0.227 e. The summed E-state index contributed by atoms with van der Waals surface area (Å²) in [4.78, 5) is 11.5. The molecule has 0 unspecified atom stereocenters. The SMILES string of the molecule is C=CC(=C)NC(=O)C1CCCCC1.Cc1ccccc1C. The number of hydrogen-bond donors (Lipinski definition) is 1. The molecule has 114 valence electrons. The minimum absolute atomic E-state index is 0.115. The summed E-state index contributed by atoms with van der Waals surface area (Å²) in [6, 6.07) is 8.36. The van der Waals surface area contributed by atoms with Gasteiger partial charge in [-0.15, -0.1) is 0 Å². The van der Waals surface area contributed by atoms with E-state index in [-0.39, 0.29) is 11.8 Å². The third-order valence-corrected chi connectivity index (χ3v) is 3.93. The largest absolute Gasteiger partial charge is 0.326 e. The van der Waals surface area contributed by atoms with E-state index in [1.165, 1.54) is 30.4 Å². The number of benzene rings is 1. The fraction of sp³-hybridized carbons (Fsp3) is 0.421. The van der Waals surface area contributed by atoms with Gasteiger partial charge in [0.1, 0.15) is 0 Å². The van der Waals surface area contributed by atoms with Crippen molar-refractivity contribution in [3.8, 4) is 0 Å². The first kappa shape index (κ1) is 17.2. The van der Waals surface area contributed by atoms with Crippen LogP contribution in [0.3, 0.4) is 0 Å². The van der Waals surface area contributed by atoms with Crippen LogP contribution in [0.1, 0.15) is 43.2 Å². The molecular weight excluding hydrogens is 258 g/mol. The molecule has 2 heteroatoms. The average Bonchev–Trinajstić information content (AvgIpc) is 2.51. The van der Waals surface area contributed by atoms with Gasteiger partial charge in [-0.3, -0.25) is 4.79 Å². The van der Waals surface area contributed by atoms with Crippen molar-refractivity contribution in [2.24, 2.45) is 5.92 Å². The summed E-state index contributed by atoms with van der Waals surface area (Å²) < 4.78 is 0. The van der Waals surface area contributed by atoms with E-state index in [2.05, 4.69) is 56.6 Å². The molecule has 0 aromatic heterocycles. The Kier molecular flexibility index (Phi) is 7.52. The number of aryl methyl sites for hydroxylation is 2. The van der Waals surface area contributed by atoms with Gasteiger partial charge >= 0.3 is 0 Å². The third-order valence-electron chi connectivity index (χ3n) is 3.93. The lowest BCUT2D eigenvalue weighted by Crippen LogP contribution is -2.30. The average molecular weight is 285 g/mol. The Hall–Kier alpha value is -1.83. The fourth-order valence-corrected chi connectivity index (χ4v) is 2.34. The van der Waals surface area contributed by atoms with E-state index < -0.39 is 0 Å². The van der Waals surface area contributed by atoms with Crippen LogP contribution in [-0.4, -0.2) is 5.91 Å². The number of rotatable bonds is 3. The Bertz CT molecular complexity index is 463. The van der Waals surface area contributed by atoms with Crippen LogP contribution >= 0.6 is 0 Å². The van der Waals surface area contributed by atoms with Crippen molar-refractivity contribution in [2.45, 2.75) is 46.0 Å². The number of nitrogens with one attached hydrogen (secondary N) is 1. The molecule has 0 spiro atoms. The highest BCUT2D eigenvalue weighted by atomic mass is 16.1. The molecule has 0 saturated heterocycles. The first-order valence-corrected chi connectivity index (χ1v) is 7.69. The minimum atomic E-state index is 0.115. The van der Waals surface area contributed by atoms with Crippen LogP contribution in [0, 0.1) is 19.8 Å². The number of amides is 1. The van der Waals surface area contributed by atoms with E-state index >= 15 is 0 Å². The van der Waals surface area contributed by atoms with Gasteiger partial charge in [-0.1, -0.05) is 56.7 Å². The molecule has 0 atom stereocenters. The standard InChI is InChI=1S/C11H17NO.C8H10/c1-3-9(2)12-11(13)10-7-5-4-6-8-10;1-7-5-3-4-6-8(7)2/h3,10H,1-2,4-8H2,(H,12,13);3-6H,1-2H3. The van der Waals surface area contributed by atoms with Crippen molar-refractivity contribution in [2.75, 3.05) is 0 Å². The van der Waals surface area contributed by atoms with Gasteiger partial charge in [0.2, 0.25) is 5.91 Å². The molecule has 1 aliphatic rings. The van der Waals surface area contributed by atoms with Crippen LogP contribution in [0.2, 0.25) is 0 Å². The van der Waals surface area contributed by atoms with Crippen molar-refractivity contribution < 1.29 is 4.79 Å². The summed E-state index contributed by atoms with van der Waals surface area (Å²) in [6.45, 7) is 11.4. The Morgan fingerprint density at radius 1 is 1.14 bits per heavy atom. The topological polar surface area (TPSA) is 29.1 Å². The van der Waals surface area contributed by atoms with Crippen LogP contribution < -0.4 is 5.32 Å². The number of hydrogen-bond acceptors (Lipinski definition) is 1. The highest BCUT2D eigenvalue weighted by Crippen LogP contribution is 2.23. The monoisotopic (exact) mass is 285 g/mol. The Balaban J connectivity index is 0.000000235. The highest BCUT2D eigenvalue weighted by molar-refractivity contribution is 5.80. The van der Waals surface area contributed by atoms with Gasteiger partial charge in [-0.2, -0.15) is 0 Å². The second-order valence-electron chi connectivity index (χ2n) is 5.64. The summed E-state index contributed by atoms with van der Waals surface area (Å²) in [5.74, 6) is 0.315. The molecule has 1 fully saturated rings. The molecule has 1 amide bonds.